The Kier molecular flexibility index (Phi) is 4.94. The van der Waals surface area contributed by atoms with Gasteiger partial charge < -0.3 is 34.3 Å². The monoisotopic (exact) mass is 460 g/mol. The number of fused-ring (bicyclic) bond motifs is 2. The maximum Gasteiger partial charge on any atom is 0.296 e. The van der Waals surface area contributed by atoms with Crippen LogP contribution in [0.25, 0.3) is 22.4 Å². The molecular weight excluding hydrogens is 438 g/mol. The number of anilines is 1. The highest BCUT2D eigenvalue weighted by molar-refractivity contribution is 5.76. The lowest BCUT2D eigenvalue weighted by atomic mass is 10.1. The maximum absolute atomic E-state index is 14.9. The molecule has 33 heavy (non-hydrogen) atoms. The molecule has 5 atom stereocenters. The van der Waals surface area contributed by atoms with Gasteiger partial charge in [-0.1, -0.05) is 0 Å². The SMILES string of the molecule is O[C@@H]1CCN(c2cc(F)c(-c3ccc4[nH]c(O[C@@H]5COC6C5OC[C@H]6O)nc4n3)c(F)c2)C1. The Morgan fingerprint density at radius 3 is 2.61 bits per heavy atom. The van der Waals surface area contributed by atoms with Gasteiger partial charge in [-0.05, 0) is 30.7 Å². The Hall–Kier alpha value is -2.86. The molecule has 2 aromatic heterocycles. The molecule has 1 aromatic carbocycles. The average Bonchev–Trinajstić information content (AvgIpc) is 3.54. The number of halogens is 2. The Morgan fingerprint density at radius 2 is 1.85 bits per heavy atom. The molecule has 0 amide bonds. The zero-order chi connectivity index (χ0) is 22.7. The van der Waals surface area contributed by atoms with Crippen molar-refractivity contribution in [3.63, 3.8) is 0 Å². The summed E-state index contributed by atoms with van der Waals surface area (Å²) in [4.78, 5) is 13.4. The topological polar surface area (TPSA) is 113 Å². The summed E-state index contributed by atoms with van der Waals surface area (Å²) in [6.07, 6.45) is -1.89. The number of hydrogen-bond acceptors (Lipinski definition) is 8. The normalized spacial score (nSPS) is 29.2. The van der Waals surface area contributed by atoms with Crippen molar-refractivity contribution >= 4 is 16.9 Å². The zero-order valence-electron chi connectivity index (χ0n) is 17.4. The minimum Gasteiger partial charge on any atom is -0.456 e. The molecule has 6 rings (SSSR count). The molecule has 2 unspecified atom stereocenters. The van der Waals surface area contributed by atoms with Gasteiger partial charge in [0.25, 0.3) is 6.01 Å². The van der Waals surface area contributed by atoms with Crippen LogP contribution in [0.1, 0.15) is 6.42 Å². The molecule has 0 bridgehead atoms. The summed E-state index contributed by atoms with van der Waals surface area (Å²) in [7, 11) is 0. The van der Waals surface area contributed by atoms with Crippen LogP contribution in [0.15, 0.2) is 24.3 Å². The third-order valence-electron chi connectivity index (χ3n) is 6.38. The van der Waals surface area contributed by atoms with Gasteiger partial charge in [0, 0.05) is 18.8 Å². The van der Waals surface area contributed by atoms with E-state index in [0.717, 1.165) is 0 Å². The van der Waals surface area contributed by atoms with Crippen molar-refractivity contribution in [1.82, 2.24) is 15.0 Å². The van der Waals surface area contributed by atoms with Crippen molar-refractivity contribution in [2.24, 2.45) is 0 Å². The first-order chi connectivity index (χ1) is 16.0. The molecule has 5 heterocycles. The van der Waals surface area contributed by atoms with Gasteiger partial charge in [0.05, 0.1) is 36.1 Å². The number of aromatic nitrogens is 3. The zero-order valence-corrected chi connectivity index (χ0v) is 17.4. The van der Waals surface area contributed by atoms with E-state index in [2.05, 4.69) is 15.0 Å². The van der Waals surface area contributed by atoms with Gasteiger partial charge in [-0.3, -0.25) is 0 Å². The smallest absolute Gasteiger partial charge is 0.296 e. The first-order valence-electron chi connectivity index (χ1n) is 10.8. The van der Waals surface area contributed by atoms with E-state index in [1.54, 1.807) is 11.0 Å². The van der Waals surface area contributed by atoms with Crippen LogP contribution in [0.3, 0.4) is 0 Å². The lowest BCUT2D eigenvalue weighted by Crippen LogP contribution is -2.34. The van der Waals surface area contributed by atoms with Crippen molar-refractivity contribution in [2.45, 2.75) is 36.9 Å². The summed E-state index contributed by atoms with van der Waals surface area (Å²) in [5, 5.41) is 19.6. The average molecular weight is 460 g/mol. The standard InChI is InChI=1S/C22H22F2N4O5/c23-12-5-10(28-4-3-11(29)7-28)6-13(24)18(12)14-1-2-15-21(25-14)27-22(26-15)33-17-9-32-19-16(30)8-31-20(17)19/h1-2,5-6,11,16-17,19-20,29-30H,3-4,7-9H2,(H,25,26,27)/t11-,16-,17-,19?,20?/m1/s1. The number of imidazole rings is 1. The highest BCUT2D eigenvalue weighted by Crippen LogP contribution is 2.33. The summed E-state index contributed by atoms with van der Waals surface area (Å²) in [5.74, 6) is -1.48. The highest BCUT2D eigenvalue weighted by Gasteiger charge is 2.48. The van der Waals surface area contributed by atoms with Gasteiger partial charge in [-0.25, -0.2) is 13.8 Å². The van der Waals surface area contributed by atoms with Crippen LogP contribution in [0.5, 0.6) is 6.01 Å². The highest BCUT2D eigenvalue weighted by atomic mass is 19.1. The fourth-order valence-corrected chi connectivity index (χ4v) is 4.72. The molecule has 3 aromatic rings. The molecule has 11 heteroatoms. The predicted molar refractivity (Wildman–Crippen MR) is 112 cm³/mol. The van der Waals surface area contributed by atoms with Crippen molar-refractivity contribution in [2.75, 3.05) is 31.2 Å². The van der Waals surface area contributed by atoms with Gasteiger partial charge in [0.1, 0.15) is 29.9 Å². The van der Waals surface area contributed by atoms with Crippen molar-refractivity contribution < 1.29 is 33.2 Å². The van der Waals surface area contributed by atoms with Crippen LogP contribution in [0.4, 0.5) is 14.5 Å². The van der Waals surface area contributed by atoms with Crippen LogP contribution >= 0.6 is 0 Å². The number of aliphatic hydroxyl groups is 2. The summed E-state index contributed by atoms with van der Waals surface area (Å²) >= 11 is 0. The molecule has 0 aliphatic carbocycles. The second-order valence-corrected chi connectivity index (χ2v) is 8.60. The Bertz CT molecular complexity index is 1180. The second kappa shape index (κ2) is 7.87. The largest absolute Gasteiger partial charge is 0.456 e. The van der Waals surface area contributed by atoms with Crippen LogP contribution in [-0.2, 0) is 9.47 Å². The van der Waals surface area contributed by atoms with E-state index >= 15 is 0 Å². The Labute approximate surface area is 186 Å². The van der Waals surface area contributed by atoms with E-state index in [9.17, 15) is 19.0 Å². The quantitative estimate of drug-likeness (QED) is 0.535. The molecule has 3 saturated heterocycles. The second-order valence-electron chi connectivity index (χ2n) is 8.60. The van der Waals surface area contributed by atoms with Gasteiger partial charge in [-0.2, -0.15) is 4.98 Å². The number of aliphatic hydroxyl groups excluding tert-OH is 2. The lowest BCUT2D eigenvalue weighted by Gasteiger charge is -2.19. The van der Waals surface area contributed by atoms with E-state index in [1.807, 2.05) is 0 Å². The Morgan fingerprint density at radius 1 is 1.06 bits per heavy atom. The first kappa shape index (κ1) is 20.7. The minimum atomic E-state index is -0.740. The van der Waals surface area contributed by atoms with E-state index in [4.69, 9.17) is 14.2 Å². The van der Waals surface area contributed by atoms with E-state index in [-0.39, 0.29) is 36.1 Å². The van der Waals surface area contributed by atoms with E-state index in [0.29, 0.717) is 30.7 Å². The van der Waals surface area contributed by atoms with Gasteiger partial charge in [0.15, 0.2) is 11.8 Å². The minimum absolute atomic E-state index is 0.107. The summed E-state index contributed by atoms with van der Waals surface area (Å²) in [6.45, 7) is 1.32. The number of ether oxygens (including phenoxy) is 3. The number of pyridine rings is 1. The summed E-state index contributed by atoms with van der Waals surface area (Å²) < 4.78 is 46.8. The molecule has 0 spiro atoms. The molecule has 3 aliphatic heterocycles. The molecule has 3 N–H and O–H groups in total. The Balaban J connectivity index is 1.26. The number of rotatable bonds is 4. The van der Waals surface area contributed by atoms with Crippen LogP contribution in [0.2, 0.25) is 0 Å². The maximum atomic E-state index is 14.9. The first-order valence-corrected chi connectivity index (χ1v) is 10.8. The van der Waals surface area contributed by atoms with E-state index < -0.39 is 42.2 Å². The van der Waals surface area contributed by atoms with Gasteiger partial charge >= 0.3 is 0 Å². The molecule has 174 valence electrons. The van der Waals surface area contributed by atoms with Gasteiger partial charge in [-0.15, -0.1) is 0 Å². The number of nitrogens with zero attached hydrogens (tertiary/aromatic N) is 3. The third-order valence-corrected chi connectivity index (χ3v) is 6.38. The number of benzene rings is 1. The number of β-amino-alcohol motifs (C(OH)–C–C–N with tert-alkyl or cyclic N) is 1. The molecule has 3 fully saturated rings. The van der Waals surface area contributed by atoms with E-state index in [1.165, 1.54) is 18.2 Å². The van der Waals surface area contributed by atoms with Crippen LogP contribution in [-0.4, -0.2) is 82.0 Å². The van der Waals surface area contributed by atoms with Crippen molar-refractivity contribution in [3.8, 4) is 17.3 Å². The molecule has 0 radical (unpaired) electrons. The van der Waals surface area contributed by atoms with Crippen LogP contribution in [0, 0.1) is 11.6 Å². The summed E-state index contributed by atoms with van der Waals surface area (Å²) in [6, 6.07) is 5.83. The lowest BCUT2D eigenvalue weighted by molar-refractivity contribution is 0.00706. The summed E-state index contributed by atoms with van der Waals surface area (Å²) in [5.41, 5.74) is 1.04. The fourth-order valence-electron chi connectivity index (χ4n) is 4.72. The van der Waals surface area contributed by atoms with Gasteiger partial charge in [0.2, 0.25) is 0 Å². The molecule has 0 saturated carbocycles. The number of nitrogens with one attached hydrogen (secondary N) is 1. The number of aromatic amines is 1. The fraction of sp³-hybridized carbons (Fsp3) is 0.455. The number of H-pyrrole nitrogens is 1. The number of hydrogen-bond donors (Lipinski definition) is 3. The van der Waals surface area contributed by atoms with Crippen molar-refractivity contribution in [1.29, 1.82) is 0 Å². The molecular formula is C22H22F2N4O5. The van der Waals surface area contributed by atoms with Crippen LogP contribution < -0.4 is 9.64 Å². The predicted octanol–water partition coefficient (Wildman–Crippen LogP) is 1.38. The van der Waals surface area contributed by atoms with Crippen molar-refractivity contribution in [3.05, 3.63) is 35.9 Å². The molecule has 9 nitrogen and oxygen atoms in total. The molecule has 3 aliphatic rings. The third kappa shape index (κ3) is 3.61.